The Morgan fingerprint density at radius 1 is 1.07 bits per heavy atom. The summed E-state index contributed by atoms with van der Waals surface area (Å²) in [6.45, 7) is 9.70. The van der Waals surface area contributed by atoms with Gasteiger partial charge in [0, 0.05) is 56.6 Å². The molecule has 0 spiro atoms. The number of piperazine rings is 1. The molecule has 1 aromatic carbocycles. The van der Waals surface area contributed by atoms with Gasteiger partial charge in [-0.1, -0.05) is 13.3 Å². The van der Waals surface area contributed by atoms with Gasteiger partial charge in [-0.05, 0) is 50.5 Å². The molecule has 2 amide bonds. The van der Waals surface area contributed by atoms with Crippen molar-refractivity contribution in [2.45, 2.75) is 45.6 Å². The lowest BCUT2D eigenvalue weighted by molar-refractivity contribution is -0.122. The lowest BCUT2D eigenvalue weighted by Gasteiger charge is -2.34. The van der Waals surface area contributed by atoms with Gasteiger partial charge in [0.1, 0.15) is 0 Å². The van der Waals surface area contributed by atoms with Crippen molar-refractivity contribution in [1.82, 2.24) is 15.1 Å². The number of carbonyl (C=O) groups is 2. The average Bonchev–Trinajstić information content (AvgIpc) is 3.53. The first-order chi connectivity index (χ1) is 13.6. The number of anilines is 1. The SMILES string of the molecule is CCCCN(CC)c1ccc(C(=O)N2CCN(CC(=O)NC3CC3)CC2)cc1. The highest BCUT2D eigenvalue weighted by atomic mass is 16.2. The second-order valence-electron chi connectivity index (χ2n) is 7.89. The lowest BCUT2D eigenvalue weighted by Crippen LogP contribution is -2.51. The molecule has 1 N–H and O–H groups in total. The van der Waals surface area contributed by atoms with Crippen molar-refractivity contribution in [1.29, 1.82) is 0 Å². The Hall–Kier alpha value is -2.08. The van der Waals surface area contributed by atoms with Crippen LogP contribution in [0.2, 0.25) is 0 Å². The third kappa shape index (κ3) is 5.71. The van der Waals surface area contributed by atoms with Gasteiger partial charge in [-0.25, -0.2) is 0 Å². The van der Waals surface area contributed by atoms with Gasteiger partial charge in [-0.3, -0.25) is 14.5 Å². The maximum Gasteiger partial charge on any atom is 0.253 e. The highest BCUT2D eigenvalue weighted by molar-refractivity contribution is 5.94. The van der Waals surface area contributed by atoms with E-state index in [-0.39, 0.29) is 11.8 Å². The summed E-state index contributed by atoms with van der Waals surface area (Å²) in [6, 6.07) is 8.42. The molecule has 6 nitrogen and oxygen atoms in total. The molecule has 6 heteroatoms. The van der Waals surface area contributed by atoms with E-state index in [2.05, 4.69) is 41.1 Å². The Balaban J connectivity index is 1.48. The molecule has 28 heavy (non-hydrogen) atoms. The van der Waals surface area contributed by atoms with Crippen molar-refractivity contribution < 1.29 is 9.59 Å². The minimum atomic E-state index is 0.0882. The molecule has 1 aliphatic heterocycles. The van der Waals surface area contributed by atoms with E-state index < -0.39 is 0 Å². The van der Waals surface area contributed by atoms with Crippen LogP contribution < -0.4 is 10.2 Å². The van der Waals surface area contributed by atoms with E-state index in [9.17, 15) is 9.59 Å². The Labute approximate surface area is 168 Å². The highest BCUT2D eigenvalue weighted by Gasteiger charge is 2.26. The summed E-state index contributed by atoms with van der Waals surface area (Å²) in [7, 11) is 0. The van der Waals surface area contributed by atoms with Crippen LogP contribution in [-0.2, 0) is 4.79 Å². The molecule has 1 aromatic rings. The second kappa shape index (κ2) is 9.92. The Bertz CT molecular complexity index is 649. The van der Waals surface area contributed by atoms with Crippen LogP contribution in [0, 0.1) is 0 Å². The minimum absolute atomic E-state index is 0.0882. The molecule has 1 heterocycles. The fraction of sp³-hybridized carbons (Fsp3) is 0.636. The maximum absolute atomic E-state index is 12.8. The van der Waals surface area contributed by atoms with E-state index in [1.54, 1.807) is 0 Å². The number of hydrogen-bond acceptors (Lipinski definition) is 4. The zero-order valence-electron chi connectivity index (χ0n) is 17.3. The molecule has 0 bridgehead atoms. The molecule has 1 saturated heterocycles. The fourth-order valence-corrected chi connectivity index (χ4v) is 3.63. The van der Waals surface area contributed by atoms with Crippen molar-refractivity contribution in [3.8, 4) is 0 Å². The zero-order chi connectivity index (χ0) is 19.9. The van der Waals surface area contributed by atoms with Crippen molar-refractivity contribution in [2.75, 3.05) is 50.7 Å². The molecule has 0 atom stereocenters. The third-order valence-electron chi connectivity index (χ3n) is 5.61. The van der Waals surface area contributed by atoms with Crippen LogP contribution in [0.15, 0.2) is 24.3 Å². The molecular weight excluding hydrogens is 352 g/mol. The van der Waals surface area contributed by atoms with E-state index in [0.29, 0.717) is 25.7 Å². The van der Waals surface area contributed by atoms with E-state index in [1.165, 1.54) is 18.5 Å². The topological polar surface area (TPSA) is 55.9 Å². The largest absolute Gasteiger partial charge is 0.372 e. The molecule has 1 saturated carbocycles. The second-order valence-corrected chi connectivity index (χ2v) is 7.89. The van der Waals surface area contributed by atoms with E-state index in [1.807, 2.05) is 17.0 Å². The molecule has 2 fully saturated rings. The first-order valence-electron chi connectivity index (χ1n) is 10.8. The highest BCUT2D eigenvalue weighted by Crippen LogP contribution is 2.19. The Kier molecular flexibility index (Phi) is 7.31. The van der Waals surface area contributed by atoms with Crippen LogP contribution >= 0.6 is 0 Å². The lowest BCUT2D eigenvalue weighted by atomic mass is 10.1. The van der Waals surface area contributed by atoms with Crippen molar-refractivity contribution >= 4 is 17.5 Å². The van der Waals surface area contributed by atoms with Gasteiger partial charge in [-0.2, -0.15) is 0 Å². The molecule has 3 rings (SSSR count). The summed E-state index contributed by atoms with van der Waals surface area (Å²) in [6.07, 6.45) is 4.58. The number of rotatable bonds is 9. The van der Waals surface area contributed by atoms with Gasteiger partial charge in [-0.15, -0.1) is 0 Å². The first kappa shape index (κ1) is 20.6. The van der Waals surface area contributed by atoms with Crippen LogP contribution in [0.3, 0.4) is 0 Å². The molecule has 154 valence electrons. The Morgan fingerprint density at radius 3 is 2.32 bits per heavy atom. The molecular formula is C22H34N4O2. The predicted octanol–water partition coefficient (Wildman–Crippen LogP) is 2.35. The normalized spacial score (nSPS) is 17.4. The van der Waals surface area contributed by atoms with Crippen LogP contribution in [0.25, 0.3) is 0 Å². The molecule has 0 radical (unpaired) electrons. The average molecular weight is 387 g/mol. The van der Waals surface area contributed by atoms with Crippen molar-refractivity contribution in [3.63, 3.8) is 0 Å². The summed E-state index contributed by atoms with van der Waals surface area (Å²) < 4.78 is 0. The smallest absolute Gasteiger partial charge is 0.253 e. The number of unbranched alkanes of at least 4 members (excludes halogenated alkanes) is 1. The van der Waals surface area contributed by atoms with Gasteiger partial charge in [0.2, 0.25) is 5.91 Å². The van der Waals surface area contributed by atoms with Gasteiger partial charge in [0.05, 0.1) is 6.54 Å². The standard InChI is InChI=1S/C22H34N4O2/c1-3-5-12-25(4-2)20-10-6-18(7-11-20)22(28)26-15-13-24(14-16-26)17-21(27)23-19-8-9-19/h6-7,10-11,19H,3-5,8-9,12-17H2,1-2H3,(H,23,27). The van der Waals surface area contributed by atoms with Crippen molar-refractivity contribution in [2.24, 2.45) is 0 Å². The van der Waals surface area contributed by atoms with Crippen LogP contribution in [0.4, 0.5) is 5.69 Å². The number of carbonyl (C=O) groups excluding carboxylic acids is 2. The summed E-state index contributed by atoms with van der Waals surface area (Å²) in [5.41, 5.74) is 1.93. The predicted molar refractivity (Wildman–Crippen MR) is 113 cm³/mol. The number of hydrogen-bond donors (Lipinski definition) is 1. The summed E-state index contributed by atoms with van der Waals surface area (Å²) in [4.78, 5) is 31.1. The first-order valence-corrected chi connectivity index (χ1v) is 10.8. The summed E-state index contributed by atoms with van der Waals surface area (Å²) >= 11 is 0. The van der Waals surface area contributed by atoms with Gasteiger partial charge in [0.15, 0.2) is 0 Å². The van der Waals surface area contributed by atoms with E-state index in [4.69, 9.17) is 0 Å². The fourth-order valence-electron chi connectivity index (χ4n) is 3.63. The Morgan fingerprint density at radius 2 is 1.75 bits per heavy atom. The molecule has 1 aliphatic carbocycles. The van der Waals surface area contributed by atoms with Crippen molar-refractivity contribution in [3.05, 3.63) is 29.8 Å². The van der Waals surface area contributed by atoms with E-state index in [0.717, 1.165) is 44.6 Å². The van der Waals surface area contributed by atoms with Gasteiger partial charge < -0.3 is 15.1 Å². The number of benzene rings is 1. The number of amides is 2. The maximum atomic E-state index is 12.8. The minimum Gasteiger partial charge on any atom is -0.372 e. The van der Waals surface area contributed by atoms with Crippen LogP contribution in [0.5, 0.6) is 0 Å². The summed E-state index contributed by atoms with van der Waals surface area (Å²) in [5, 5.41) is 3.03. The summed E-state index contributed by atoms with van der Waals surface area (Å²) in [5.74, 6) is 0.201. The molecule has 0 unspecified atom stereocenters. The number of nitrogens with zero attached hydrogens (tertiary/aromatic N) is 3. The number of nitrogens with one attached hydrogen (secondary N) is 1. The quantitative estimate of drug-likeness (QED) is 0.708. The van der Waals surface area contributed by atoms with E-state index >= 15 is 0 Å². The molecule has 2 aliphatic rings. The van der Waals surface area contributed by atoms with Gasteiger partial charge in [0.25, 0.3) is 5.91 Å². The third-order valence-corrected chi connectivity index (χ3v) is 5.61. The molecule has 0 aromatic heterocycles. The van der Waals surface area contributed by atoms with Crippen LogP contribution in [0.1, 0.15) is 49.9 Å². The van der Waals surface area contributed by atoms with Gasteiger partial charge >= 0.3 is 0 Å². The van der Waals surface area contributed by atoms with Crippen LogP contribution in [-0.4, -0.2) is 73.5 Å². The monoisotopic (exact) mass is 386 g/mol. The zero-order valence-corrected chi connectivity index (χ0v) is 17.3.